The lowest BCUT2D eigenvalue weighted by Crippen LogP contribution is -2.33. The number of nitrogens with zero attached hydrogens (tertiary/aromatic N) is 1. The number of nitrogens with one attached hydrogen (secondary N) is 1. The highest BCUT2D eigenvalue weighted by Crippen LogP contribution is 2.36. The van der Waals surface area contributed by atoms with Crippen molar-refractivity contribution < 1.29 is 14.3 Å². The van der Waals surface area contributed by atoms with Crippen LogP contribution in [0.4, 0.5) is 11.4 Å². The SMILES string of the molecule is CCOc1ccc(C2=C(Nc3cc(C)cc(C)c3)C(=O)N(c3cccc(C)c3C)C2=O)cc1. The third kappa shape index (κ3) is 4.27. The van der Waals surface area contributed by atoms with Gasteiger partial charge >= 0.3 is 0 Å². The van der Waals surface area contributed by atoms with Crippen LogP contribution in [0.2, 0.25) is 0 Å². The van der Waals surface area contributed by atoms with Gasteiger partial charge in [-0.25, -0.2) is 4.90 Å². The molecule has 0 atom stereocenters. The monoisotopic (exact) mass is 440 g/mol. The first-order chi connectivity index (χ1) is 15.8. The normalized spacial score (nSPS) is 13.7. The van der Waals surface area contributed by atoms with Gasteiger partial charge < -0.3 is 10.1 Å². The van der Waals surface area contributed by atoms with Gasteiger partial charge in [0.1, 0.15) is 11.4 Å². The molecule has 1 heterocycles. The molecule has 2 amide bonds. The van der Waals surface area contributed by atoms with Crippen LogP contribution in [0.25, 0.3) is 5.57 Å². The van der Waals surface area contributed by atoms with Crippen LogP contribution in [0, 0.1) is 27.7 Å². The van der Waals surface area contributed by atoms with Crippen molar-refractivity contribution in [2.45, 2.75) is 34.6 Å². The fourth-order valence-electron chi connectivity index (χ4n) is 4.19. The van der Waals surface area contributed by atoms with Gasteiger partial charge in [0.15, 0.2) is 0 Å². The molecule has 0 bridgehead atoms. The Morgan fingerprint density at radius 3 is 2.15 bits per heavy atom. The summed E-state index contributed by atoms with van der Waals surface area (Å²) in [5, 5.41) is 3.26. The molecule has 0 fully saturated rings. The van der Waals surface area contributed by atoms with Gasteiger partial charge in [-0.05, 0) is 92.8 Å². The summed E-state index contributed by atoms with van der Waals surface area (Å²) in [6, 6.07) is 18.9. The summed E-state index contributed by atoms with van der Waals surface area (Å²) in [4.78, 5) is 28.6. The zero-order valence-corrected chi connectivity index (χ0v) is 19.7. The minimum Gasteiger partial charge on any atom is -0.494 e. The highest BCUT2D eigenvalue weighted by atomic mass is 16.5. The molecule has 4 rings (SSSR count). The van der Waals surface area contributed by atoms with Crippen LogP contribution in [-0.2, 0) is 9.59 Å². The number of hydrogen-bond acceptors (Lipinski definition) is 4. The Kier molecular flexibility index (Phi) is 6.05. The number of aryl methyl sites for hydroxylation is 3. The van der Waals surface area contributed by atoms with Gasteiger partial charge in [-0.3, -0.25) is 9.59 Å². The maximum Gasteiger partial charge on any atom is 0.282 e. The maximum atomic E-state index is 13.7. The van der Waals surface area contributed by atoms with Gasteiger partial charge in [-0.15, -0.1) is 0 Å². The van der Waals surface area contributed by atoms with Crippen molar-refractivity contribution in [2.75, 3.05) is 16.8 Å². The molecule has 0 spiro atoms. The van der Waals surface area contributed by atoms with Gasteiger partial charge in [0, 0.05) is 5.69 Å². The van der Waals surface area contributed by atoms with E-state index in [0.717, 1.165) is 27.9 Å². The predicted molar refractivity (Wildman–Crippen MR) is 132 cm³/mol. The number of rotatable bonds is 6. The first-order valence-corrected chi connectivity index (χ1v) is 11.1. The van der Waals surface area contributed by atoms with E-state index in [0.29, 0.717) is 29.2 Å². The Hall–Kier alpha value is -3.86. The third-order valence-corrected chi connectivity index (χ3v) is 5.85. The van der Waals surface area contributed by atoms with Crippen LogP contribution < -0.4 is 15.0 Å². The zero-order valence-electron chi connectivity index (χ0n) is 19.7. The second-order valence-electron chi connectivity index (χ2n) is 8.37. The molecule has 0 unspecified atom stereocenters. The van der Waals surface area contributed by atoms with Crippen molar-refractivity contribution in [3.63, 3.8) is 0 Å². The van der Waals surface area contributed by atoms with Crippen LogP contribution in [-0.4, -0.2) is 18.4 Å². The minimum absolute atomic E-state index is 0.273. The molecule has 1 aliphatic heterocycles. The van der Waals surface area contributed by atoms with Gasteiger partial charge in [0.05, 0.1) is 17.9 Å². The number of amides is 2. The van der Waals surface area contributed by atoms with E-state index >= 15 is 0 Å². The van der Waals surface area contributed by atoms with Gasteiger partial charge in [0.25, 0.3) is 11.8 Å². The van der Waals surface area contributed by atoms with Crippen LogP contribution in [0.5, 0.6) is 5.75 Å². The lowest BCUT2D eigenvalue weighted by molar-refractivity contribution is -0.120. The number of anilines is 2. The highest BCUT2D eigenvalue weighted by molar-refractivity contribution is 6.46. The Morgan fingerprint density at radius 1 is 0.848 bits per heavy atom. The summed E-state index contributed by atoms with van der Waals surface area (Å²) in [6.07, 6.45) is 0. The molecule has 0 radical (unpaired) electrons. The van der Waals surface area contributed by atoms with Crippen LogP contribution >= 0.6 is 0 Å². The lowest BCUT2D eigenvalue weighted by atomic mass is 10.0. The number of carbonyl (C=O) groups is 2. The second kappa shape index (κ2) is 8.94. The summed E-state index contributed by atoms with van der Waals surface area (Å²) in [5.74, 6) is 0.00954. The first-order valence-electron chi connectivity index (χ1n) is 11.1. The van der Waals surface area contributed by atoms with Crippen molar-refractivity contribution in [1.29, 1.82) is 0 Å². The van der Waals surface area contributed by atoms with Crippen LogP contribution in [0.1, 0.15) is 34.7 Å². The number of ether oxygens (including phenoxy) is 1. The van der Waals surface area contributed by atoms with Crippen molar-refractivity contribution >= 4 is 28.8 Å². The molecule has 168 valence electrons. The molecule has 5 heteroatoms. The largest absolute Gasteiger partial charge is 0.494 e. The molecule has 1 aliphatic rings. The fraction of sp³-hybridized carbons (Fsp3) is 0.214. The number of benzene rings is 3. The molecule has 3 aromatic rings. The topological polar surface area (TPSA) is 58.6 Å². The molecule has 0 saturated carbocycles. The Balaban J connectivity index is 1.84. The predicted octanol–water partition coefficient (Wildman–Crippen LogP) is 5.72. The Labute approximate surface area is 194 Å². The van der Waals surface area contributed by atoms with E-state index in [1.807, 2.05) is 89.2 Å². The molecule has 0 saturated heterocycles. The Bertz CT molecular complexity index is 1250. The van der Waals surface area contributed by atoms with Crippen LogP contribution in [0.15, 0.2) is 66.4 Å². The summed E-state index contributed by atoms with van der Waals surface area (Å²) < 4.78 is 5.55. The molecule has 1 N–H and O–H groups in total. The minimum atomic E-state index is -0.364. The number of imide groups is 1. The zero-order chi connectivity index (χ0) is 23.7. The average molecular weight is 441 g/mol. The van der Waals surface area contributed by atoms with E-state index in [2.05, 4.69) is 11.4 Å². The number of carbonyl (C=O) groups excluding carboxylic acids is 2. The smallest absolute Gasteiger partial charge is 0.282 e. The average Bonchev–Trinajstić information content (AvgIpc) is 3.00. The standard InChI is InChI=1S/C28H28N2O3/c1-6-33-23-12-10-21(11-13-23)25-26(29-22-15-17(2)14-18(3)16-22)28(32)30(27(25)31)24-9-7-8-19(4)20(24)5/h7-16,29H,6H2,1-5H3. The summed E-state index contributed by atoms with van der Waals surface area (Å²) in [7, 11) is 0. The molecule has 0 aromatic heterocycles. The van der Waals surface area contributed by atoms with E-state index in [4.69, 9.17) is 4.74 Å². The molecule has 0 aliphatic carbocycles. The van der Waals surface area contributed by atoms with Crippen molar-refractivity contribution in [1.82, 2.24) is 0 Å². The quantitative estimate of drug-likeness (QED) is 0.499. The molecule has 33 heavy (non-hydrogen) atoms. The van der Waals surface area contributed by atoms with Gasteiger partial charge in [-0.2, -0.15) is 0 Å². The second-order valence-corrected chi connectivity index (χ2v) is 8.37. The fourth-order valence-corrected chi connectivity index (χ4v) is 4.19. The summed E-state index contributed by atoms with van der Waals surface area (Å²) >= 11 is 0. The molecule has 3 aromatic carbocycles. The Morgan fingerprint density at radius 2 is 1.52 bits per heavy atom. The van der Waals surface area contributed by atoms with Crippen molar-refractivity contribution in [3.8, 4) is 5.75 Å². The van der Waals surface area contributed by atoms with E-state index in [9.17, 15) is 9.59 Å². The van der Waals surface area contributed by atoms with Gasteiger partial charge in [-0.1, -0.05) is 30.3 Å². The maximum absolute atomic E-state index is 13.7. The van der Waals surface area contributed by atoms with Gasteiger partial charge in [0.2, 0.25) is 0 Å². The number of hydrogen-bond donors (Lipinski definition) is 1. The van der Waals surface area contributed by atoms with E-state index in [-0.39, 0.29) is 17.5 Å². The molecule has 5 nitrogen and oxygen atoms in total. The molecular weight excluding hydrogens is 412 g/mol. The van der Waals surface area contributed by atoms with E-state index in [1.165, 1.54) is 4.90 Å². The molecular formula is C28H28N2O3. The van der Waals surface area contributed by atoms with Crippen molar-refractivity contribution in [2.24, 2.45) is 0 Å². The lowest BCUT2D eigenvalue weighted by Gasteiger charge is -2.19. The van der Waals surface area contributed by atoms with Crippen LogP contribution in [0.3, 0.4) is 0 Å². The first kappa shape index (κ1) is 22.3. The summed E-state index contributed by atoms with van der Waals surface area (Å²) in [6.45, 7) is 10.4. The van der Waals surface area contributed by atoms with Crippen molar-refractivity contribution in [3.05, 3.63) is 94.2 Å². The third-order valence-electron chi connectivity index (χ3n) is 5.85. The van der Waals surface area contributed by atoms with E-state index in [1.54, 1.807) is 0 Å². The highest BCUT2D eigenvalue weighted by Gasteiger charge is 2.41. The van der Waals surface area contributed by atoms with E-state index < -0.39 is 0 Å². The summed E-state index contributed by atoms with van der Waals surface area (Å²) in [5.41, 5.74) is 6.73.